The monoisotopic (exact) mass is 234 g/mol. The minimum atomic E-state index is -0.370. The lowest BCUT2D eigenvalue weighted by atomic mass is 10.2. The zero-order chi connectivity index (χ0) is 11.4. The molecule has 0 radical (unpaired) electrons. The maximum atomic E-state index is 13.3. The van der Waals surface area contributed by atoms with E-state index in [1.807, 2.05) is 12.1 Å². The summed E-state index contributed by atoms with van der Waals surface area (Å²) in [5, 5.41) is 0. The zero-order valence-electron chi connectivity index (χ0n) is 9.14. The second-order valence-corrected chi connectivity index (χ2v) is 3.38. The van der Waals surface area contributed by atoms with Gasteiger partial charge in [0.1, 0.15) is 5.75 Å². The van der Waals surface area contributed by atoms with E-state index >= 15 is 0 Å². The third kappa shape index (κ3) is 3.27. The molecule has 2 rings (SSSR count). The van der Waals surface area contributed by atoms with Crippen LogP contribution in [-0.4, -0.2) is 5.48 Å². The molecule has 2 aromatic carbocycles. The molecule has 0 aliphatic rings. The van der Waals surface area contributed by atoms with Crippen LogP contribution >= 0.6 is 0 Å². The second-order valence-electron chi connectivity index (χ2n) is 3.38. The van der Waals surface area contributed by atoms with Gasteiger partial charge in [0, 0.05) is 6.54 Å². The van der Waals surface area contributed by atoms with E-state index < -0.39 is 0 Å². The lowest BCUT2D eigenvalue weighted by Crippen LogP contribution is -1.95. The molecule has 0 aliphatic carbocycles. The number of nitrogens with two attached hydrogens (primary N) is 1. The molecule has 90 valence electrons. The fourth-order valence-electron chi connectivity index (χ4n) is 1.35. The predicted octanol–water partition coefficient (Wildman–Crippen LogP) is 2.90. The van der Waals surface area contributed by atoms with Crippen molar-refractivity contribution in [3.63, 3.8) is 0 Å². The third-order valence-electron chi connectivity index (χ3n) is 2.22. The summed E-state index contributed by atoms with van der Waals surface area (Å²) < 4.78 is 18.7. The van der Waals surface area contributed by atoms with Crippen molar-refractivity contribution in [1.29, 1.82) is 0 Å². The number of para-hydroxylation sites is 1. The van der Waals surface area contributed by atoms with Gasteiger partial charge in [0.2, 0.25) is 0 Å². The van der Waals surface area contributed by atoms with Gasteiger partial charge in [0.15, 0.2) is 11.6 Å². The molecule has 17 heavy (non-hydrogen) atoms. The highest BCUT2D eigenvalue weighted by Gasteiger charge is 2.02. The van der Waals surface area contributed by atoms with E-state index in [4.69, 9.17) is 10.5 Å². The topological polar surface area (TPSA) is 65.2 Å². The van der Waals surface area contributed by atoms with Crippen LogP contribution in [0.15, 0.2) is 48.5 Å². The number of hydrogen-bond donors (Lipinski definition) is 1. The Kier molecular flexibility index (Phi) is 4.63. The van der Waals surface area contributed by atoms with Gasteiger partial charge in [-0.05, 0) is 29.8 Å². The first-order valence-electron chi connectivity index (χ1n) is 5.01. The summed E-state index contributed by atoms with van der Waals surface area (Å²) in [7, 11) is 0. The smallest absolute Gasteiger partial charge is 0.165 e. The van der Waals surface area contributed by atoms with Crippen LogP contribution in [0.3, 0.4) is 0 Å². The summed E-state index contributed by atoms with van der Waals surface area (Å²) in [4.78, 5) is 0. The van der Waals surface area contributed by atoms with Gasteiger partial charge in [0.25, 0.3) is 0 Å². The Balaban J connectivity index is 0.00000144. The Bertz CT molecular complexity index is 471. The molecule has 4 heteroatoms. The van der Waals surface area contributed by atoms with Gasteiger partial charge >= 0.3 is 0 Å². The van der Waals surface area contributed by atoms with Crippen LogP contribution in [-0.2, 0) is 6.54 Å². The van der Waals surface area contributed by atoms with Crippen molar-refractivity contribution in [2.24, 2.45) is 5.73 Å². The first kappa shape index (κ1) is 13.2. The molecule has 0 aromatic heterocycles. The molecule has 0 aliphatic heterocycles. The van der Waals surface area contributed by atoms with E-state index in [1.165, 1.54) is 6.07 Å². The van der Waals surface area contributed by atoms with E-state index in [2.05, 4.69) is 0 Å². The first-order valence-corrected chi connectivity index (χ1v) is 5.01. The Hall–Kier alpha value is -1.91. The fraction of sp³-hybridized carbons (Fsp3) is 0.0769. The summed E-state index contributed by atoms with van der Waals surface area (Å²) in [6.45, 7) is 0.486. The number of benzene rings is 2. The maximum Gasteiger partial charge on any atom is 0.165 e. The standard InChI is InChI=1S/C13H12FNO.H2O/c14-12-3-1-2-4-13(12)16-11-7-5-10(9-15)6-8-11;/h1-8H,9,15H2;1H2/p-1. The summed E-state index contributed by atoms with van der Waals surface area (Å²) >= 11 is 0. The number of hydrogen-bond acceptors (Lipinski definition) is 3. The molecule has 3 N–H and O–H groups in total. The zero-order valence-corrected chi connectivity index (χ0v) is 9.14. The van der Waals surface area contributed by atoms with Crippen LogP contribution < -0.4 is 10.5 Å². The molecule has 0 unspecified atom stereocenters. The molecule has 0 atom stereocenters. The van der Waals surface area contributed by atoms with E-state index in [9.17, 15) is 4.39 Å². The van der Waals surface area contributed by atoms with Crippen molar-refractivity contribution >= 4 is 0 Å². The summed E-state index contributed by atoms with van der Waals surface area (Å²) in [6.07, 6.45) is 0. The van der Waals surface area contributed by atoms with Crippen molar-refractivity contribution < 1.29 is 14.6 Å². The molecule has 0 saturated carbocycles. The van der Waals surface area contributed by atoms with E-state index in [0.29, 0.717) is 12.3 Å². The molecular weight excluding hydrogens is 221 g/mol. The van der Waals surface area contributed by atoms with Crippen molar-refractivity contribution in [2.45, 2.75) is 6.54 Å². The summed E-state index contributed by atoms with van der Waals surface area (Å²) in [5.41, 5.74) is 6.49. The molecule has 0 fully saturated rings. The van der Waals surface area contributed by atoms with Crippen LogP contribution in [0.2, 0.25) is 0 Å². The first-order chi connectivity index (χ1) is 7.79. The van der Waals surface area contributed by atoms with Gasteiger partial charge in [-0.3, -0.25) is 0 Å². The highest BCUT2D eigenvalue weighted by molar-refractivity contribution is 5.33. The van der Waals surface area contributed by atoms with Crippen LogP contribution in [0.1, 0.15) is 5.56 Å². The van der Waals surface area contributed by atoms with Crippen LogP contribution in [0.4, 0.5) is 4.39 Å². The van der Waals surface area contributed by atoms with E-state index in [-0.39, 0.29) is 17.0 Å². The average Bonchev–Trinajstić information content (AvgIpc) is 2.33. The highest BCUT2D eigenvalue weighted by Crippen LogP contribution is 2.23. The van der Waals surface area contributed by atoms with Gasteiger partial charge in [-0.2, -0.15) is 0 Å². The molecule has 0 spiro atoms. The van der Waals surface area contributed by atoms with Crippen molar-refractivity contribution in [2.75, 3.05) is 0 Å². The van der Waals surface area contributed by atoms with Gasteiger partial charge in [-0.25, -0.2) is 4.39 Å². The van der Waals surface area contributed by atoms with Gasteiger partial charge in [-0.1, -0.05) is 24.3 Å². The minimum absolute atomic E-state index is 0. The van der Waals surface area contributed by atoms with E-state index in [1.54, 1.807) is 30.3 Å². The SMILES string of the molecule is NCc1ccc(Oc2ccccc2F)cc1.[OH-]. The fourth-order valence-corrected chi connectivity index (χ4v) is 1.35. The number of ether oxygens (including phenoxy) is 1. The quantitative estimate of drug-likeness (QED) is 0.887. The lowest BCUT2D eigenvalue weighted by Gasteiger charge is -2.06. The Morgan fingerprint density at radius 3 is 2.24 bits per heavy atom. The van der Waals surface area contributed by atoms with Crippen LogP contribution in [0.5, 0.6) is 11.5 Å². The molecule has 0 heterocycles. The largest absolute Gasteiger partial charge is 0.870 e. The average molecular weight is 234 g/mol. The summed E-state index contributed by atoms with van der Waals surface area (Å²) in [6, 6.07) is 13.6. The Morgan fingerprint density at radius 2 is 1.65 bits per heavy atom. The molecule has 0 saturated heterocycles. The van der Waals surface area contributed by atoms with E-state index in [0.717, 1.165) is 5.56 Å². The number of halogens is 1. The molecule has 3 nitrogen and oxygen atoms in total. The van der Waals surface area contributed by atoms with Crippen LogP contribution in [0, 0.1) is 5.82 Å². The molecular formula is C13H13FNO2-. The predicted molar refractivity (Wildman–Crippen MR) is 62.7 cm³/mol. The Morgan fingerprint density at radius 1 is 1.00 bits per heavy atom. The molecule has 0 bridgehead atoms. The van der Waals surface area contributed by atoms with Crippen LogP contribution in [0.25, 0.3) is 0 Å². The van der Waals surface area contributed by atoms with Crippen molar-refractivity contribution in [1.82, 2.24) is 0 Å². The van der Waals surface area contributed by atoms with Crippen molar-refractivity contribution in [3.05, 3.63) is 59.9 Å². The van der Waals surface area contributed by atoms with Gasteiger partial charge < -0.3 is 15.9 Å². The minimum Gasteiger partial charge on any atom is -0.870 e. The maximum absolute atomic E-state index is 13.3. The molecule has 2 aromatic rings. The Labute approximate surface area is 99.0 Å². The van der Waals surface area contributed by atoms with Gasteiger partial charge in [-0.15, -0.1) is 0 Å². The highest BCUT2D eigenvalue weighted by atomic mass is 19.1. The molecule has 0 amide bonds. The normalized spacial score (nSPS) is 9.53. The number of rotatable bonds is 3. The summed E-state index contributed by atoms with van der Waals surface area (Å²) in [5.74, 6) is 0.454. The lowest BCUT2D eigenvalue weighted by molar-refractivity contribution is 0.442. The third-order valence-corrected chi connectivity index (χ3v) is 2.22. The second kappa shape index (κ2) is 5.98. The van der Waals surface area contributed by atoms with Crippen molar-refractivity contribution in [3.8, 4) is 11.5 Å². The van der Waals surface area contributed by atoms with Gasteiger partial charge in [0.05, 0.1) is 0 Å².